The molecule has 11 heteroatoms. The topological polar surface area (TPSA) is 146 Å². The molecule has 2 atom stereocenters. The van der Waals surface area contributed by atoms with Gasteiger partial charge in [0, 0.05) is 24.9 Å². The number of amides is 1. The van der Waals surface area contributed by atoms with E-state index in [4.69, 9.17) is 16.2 Å². The molecule has 3 aromatic heterocycles. The van der Waals surface area contributed by atoms with Crippen LogP contribution in [0.5, 0.6) is 0 Å². The number of nitrogens with one attached hydrogen (secondary N) is 2. The molecule has 0 radical (unpaired) electrons. The molecule has 0 spiro atoms. The number of aromatic nitrogens is 4. The molecule has 1 saturated heterocycles. The third kappa shape index (κ3) is 4.62. The number of carbonyl (C=O) groups is 1. The molecule has 3 aromatic rings. The van der Waals surface area contributed by atoms with Crippen LogP contribution in [-0.2, 0) is 4.74 Å². The molecule has 31 heavy (non-hydrogen) atoms. The molecule has 0 unspecified atom stereocenters. The summed E-state index contributed by atoms with van der Waals surface area (Å²) in [4.78, 5) is 20.4. The maximum Gasteiger partial charge on any atom is 0.252 e. The van der Waals surface area contributed by atoms with Crippen molar-refractivity contribution >= 4 is 23.2 Å². The van der Waals surface area contributed by atoms with Gasteiger partial charge in [0.25, 0.3) is 5.91 Å². The Bertz CT molecular complexity index is 1100. The van der Waals surface area contributed by atoms with Gasteiger partial charge in [0.1, 0.15) is 5.82 Å². The zero-order valence-corrected chi connectivity index (χ0v) is 16.9. The van der Waals surface area contributed by atoms with Crippen molar-refractivity contribution in [3.8, 4) is 5.69 Å². The number of nitrogens with two attached hydrogens (primary N) is 2. The number of hydrogen-bond donors (Lipinski definition) is 4. The Hall–Kier alpha value is -3.57. The predicted octanol–water partition coefficient (Wildman–Crippen LogP) is 1.48. The lowest BCUT2D eigenvalue weighted by atomic mass is 10.0. The lowest BCUT2D eigenvalue weighted by Gasteiger charge is -2.30. The van der Waals surface area contributed by atoms with Crippen LogP contribution >= 0.6 is 0 Å². The van der Waals surface area contributed by atoms with E-state index in [1.807, 2.05) is 13.1 Å². The quantitative estimate of drug-likeness (QED) is 0.464. The van der Waals surface area contributed by atoms with Gasteiger partial charge in [0.15, 0.2) is 11.6 Å². The van der Waals surface area contributed by atoms with Crippen LogP contribution in [-0.4, -0.2) is 51.0 Å². The van der Waals surface area contributed by atoms with E-state index in [0.717, 1.165) is 11.6 Å². The van der Waals surface area contributed by atoms with Crippen molar-refractivity contribution in [1.29, 1.82) is 0 Å². The van der Waals surface area contributed by atoms with Gasteiger partial charge in [-0.05, 0) is 31.0 Å². The maximum absolute atomic E-state index is 14.6. The molecule has 4 rings (SSSR count). The number of primary amides is 1. The van der Waals surface area contributed by atoms with E-state index in [1.165, 1.54) is 0 Å². The zero-order chi connectivity index (χ0) is 22.0. The van der Waals surface area contributed by atoms with Gasteiger partial charge in [0.2, 0.25) is 0 Å². The van der Waals surface area contributed by atoms with Crippen LogP contribution in [0.2, 0.25) is 0 Å². The summed E-state index contributed by atoms with van der Waals surface area (Å²) in [5, 5.41) is 10.3. The number of ether oxygens (including phenoxy) is 1. The molecular weight excluding hydrogens is 403 g/mol. The molecule has 0 saturated carbocycles. The van der Waals surface area contributed by atoms with Crippen LogP contribution in [0, 0.1) is 12.7 Å². The second-order valence-electron chi connectivity index (χ2n) is 7.38. The molecule has 1 aliphatic heterocycles. The van der Waals surface area contributed by atoms with Crippen LogP contribution in [0.1, 0.15) is 22.3 Å². The molecule has 1 fully saturated rings. The van der Waals surface area contributed by atoms with Gasteiger partial charge in [0.05, 0.1) is 42.1 Å². The first kappa shape index (κ1) is 20.7. The smallest absolute Gasteiger partial charge is 0.252 e. The summed E-state index contributed by atoms with van der Waals surface area (Å²) < 4.78 is 21.6. The Balaban J connectivity index is 1.64. The number of carbonyl (C=O) groups excluding carboxylic acids is 1. The van der Waals surface area contributed by atoms with Crippen molar-refractivity contribution in [2.24, 2.45) is 11.5 Å². The van der Waals surface area contributed by atoms with E-state index in [0.29, 0.717) is 31.0 Å². The molecule has 1 amide bonds. The number of anilines is 3. The normalized spacial score (nSPS) is 18.5. The van der Waals surface area contributed by atoms with E-state index in [-0.39, 0.29) is 29.3 Å². The van der Waals surface area contributed by atoms with Crippen molar-refractivity contribution in [2.45, 2.75) is 25.4 Å². The van der Waals surface area contributed by atoms with Gasteiger partial charge in [-0.1, -0.05) is 0 Å². The number of pyridine rings is 2. The number of aryl methyl sites for hydroxylation is 1. The first-order valence-corrected chi connectivity index (χ1v) is 9.74. The van der Waals surface area contributed by atoms with E-state index >= 15 is 0 Å². The third-order valence-corrected chi connectivity index (χ3v) is 4.93. The van der Waals surface area contributed by atoms with Gasteiger partial charge < -0.3 is 26.8 Å². The summed E-state index contributed by atoms with van der Waals surface area (Å²) in [6.45, 7) is 2.82. The fraction of sp³-hybridized carbons (Fsp3) is 0.300. The molecule has 0 aliphatic carbocycles. The highest BCUT2D eigenvalue weighted by atomic mass is 19.1. The van der Waals surface area contributed by atoms with E-state index in [1.54, 1.807) is 29.3 Å². The summed E-state index contributed by atoms with van der Waals surface area (Å²) >= 11 is 0. The second-order valence-corrected chi connectivity index (χ2v) is 7.38. The van der Waals surface area contributed by atoms with Crippen LogP contribution in [0.25, 0.3) is 5.69 Å². The Morgan fingerprint density at radius 1 is 1.29 bits per heavy atom. The first-order chi connectivity index (χ1) is 14.9. The molecule has 0 aromatic carbocycles. The molecule has 10 nitrogen and oxygen atoms in total. The van der Waals surface area contributed by atoms with Gasteiger partial charge in [-0.25, -0.2) is 14.1 Å². The number of nitrogens with zero attached hydrogens (tertiary/aromatic N) is 4. The van der Waals surface area contributed by atoms with Crippen LogP contribution in [0.4, 0.5) is 21.7 Å². The Morgan fingerprint density at radius 3 is 2.84 bits per heavy atom. The van der Waals surface area contributed by atoms with Crippen LogP contribution in [0.15, 0.2) is 36.9 Å². The Kier molecular flexibility index (Phi) is 5.78. The SMILES string of the molecule is Cc1cnn(-c2cncc(Nc3nc(N[C@@H]4CCOC[C@@H]4N)c(F)cc3C(N)=O)c2)c1. The molecule has 6 N–H and O–H groups in total. The Morgan fingerprint density at radius 2 is 2.13 bits per heavy atom. The molecule has 0 bridgehead atoms. The third-order valence-electron chi connectivity index (χ3n) is 4.93. The highest BCUT2D eigenvalue weighted by Crippen LogP contribution is 2.25. The average Bonchev–Trinajstić information content (AvgIpc) is 3.18. The van der Waals surface area contributed by atoms with Crippen molar-refractivity contribution in [3.05, 3.63) is 53.9 Å². The van der Waals surface area contributed by atoms with Gasteiger partial charge >= 0.3 is 0 Å². The molecule has 4 heterocycles. The van der Waals surface area contributed by atoms with Crippen LogP contribution < -0.4 is 22.1 Å². The van der Waals surface area contributed by atoms with Gasteiger partial charge in [-0.3, -0.25) is 9.78 Å². The summed E-state index contributed by atoms with van der Waals surface area (Å²) in [5.41, 5.74) is 13.6. The first-order valence-electron chi connectivity index (χ1n) is 9.74. The highest BCUT2D eigenvalue weighted by Gasteiger charge is 2.25. The summed E-state index contributed by atoms with van der Waals surface area (Å²) in [7, 11) is 0. The fourth-order valence-electron chi connectivity index (χ4n) is 3.30. The maximum atomic E-state index is 14.6. The summed E-state index contributed by atoms with van der Waals surface area (Å²) in [6.07, 6.45) is 7.38. The lowest BCUT2D eigenvalue weighted by molar-refractivity contribution is 0.0751. The number of hydrogen-bond acceptors (Lipinski definition) is 8. The minimum absolute atomic E-state index is 0.0262. The minimum Gasteiger partial charge on any atom is -0.380 e. The average molecular weight is 426 g/mol. The summed E-state index contributed by atoms with van der Waals surface area (Å²) in [5.74, 6) is -1.43. The second kappa shape index (κ2) is 8.66. The largest absolute Gasteiger partial charge is 0.380 e. The molecular formula is C20H23FN8O2. The predicted molar refractivity (Wildman–Crippen MR) is 113 cm³/mol. The van der Waals surface area contributed by atoms with Crippen molar-refractivity contribution in [1.82, 2.24) is 19.7 Å². The fourth-order valence-corrected chi connectivity index (χ4v) is 3.30. The van der Waals surface area contributed by atoms with E-state index < -0.39 is 11.7 Å². The molecule has 1 aliphatic rings. The Labute approximate surface area is 177 Å². The van der Waals surface area contributed by atoms with E-state index in [9.17, 15) is 9.18 Å². The van der Waals surface area contributed by atoms with Crippen molar-refractivity contribution in [3.63, 3.8) is 0 Å². The standard InChI is InChI=1S/C20H23FN8O2/c1-11-6-25-29(9-11)13-4-12(7-24-8-13)26-19-14(18(23)30)5-15(21)20(28-19)27-17-2-3-31-10-16(17)22/h4-9,16-17H,2-3,10,22H2,1H3,(H2,23,30)(H2,26,27,28)/t16-,17+/m0/s1. The number of rotatable bonds is 6. The van der Waals surface area contributed by atoms with Crippen LogP contribution in [0.3, 0.4) is 0 Å². The minimum atomic E-state index is -0.810. The monoisotopic (exact) mass is 426 g/mol. The van der Waals surface area contributed by atoms with Crippen molar-refractivity contribution in [2.75, 3.05) is 23.8 Å². The molecule has 162 valence electrons. The van der Waals surface area contributed by atoms with Crippen molar-refractivity contribution < 1.29 is 13.9 Å². The zero-order valence-electron chi connectivity index (χ0n) is 16.9. The van der Waals surface area contributed by atoms with Gasteiger partial charge in [-0.15, -0.1) is 0 Å². The van der Waals surface area contributed by atoms with Gasteiger partial charge in [-0.2, -0.15) is 5.10 Å². The number of halogens is 1. The lowest BCUT2D eigenvalue weighted by Crippen LogP contribution is -2.47. The van der Waals surface area contributed by atoms with E-state index in [2.05, 4.69) is 25.7 Å². The highest BCUT2D eigenvalue weighted by molar-refractivity contribution is 5.98. The summed E-state index contributed by atoms with van der Waals surface area (Å²) in [6, 6.07) is 2.31.